The molecule has 1 aliphatic rings. The molecule has 6 heteroatoms. The zero-order valence-electron chi connectivity index (χ0n) is 11.1. The third kappa shape index (κ3) is 2.98. The Kier molecular flexibility index (Phi) is 4.26. The molecule has 0 aromatic carbocycles. The normalized spacial score (nSPS) is 14.8. The fourth-order valence-electron chi connectivity index (χ4n) is 2.08. The Hall–Kier alpha value is -0.680. The monoisotopic (exact) mass is 327 g/mol. The number of hydrogen-bond acceptors (Lipinski definition) is 4. The molecule has 2 aromatic heterocycles. The third-order valence-corrected chi connectivity index (χ3v) is 4.81. The molecule has 0 saturated heterocycles. The first kappa shape index (κ1) is 14.3. The summed E-state index contributed by atoms with van der Waals surface area (Å²) in [5.41, 5.74) is 1.95. The van der Waals surface area contributed by atoms with E-state index < -0.39 is 0 Å². The molecule has 106 valence electrons. The van der Waals surface area contributed by atoms with Gasteiger partial charge in [0, 0.05) is 23.5 Å². The van der Waals surface area contributed by atoms with Crippen molar-refractivity contribution in [1.29, 1.82) is 0 Å². The first-order chi connectivity index (χ1) is 9.69. The van der Waals surface area contributed by atoms with Crippen LogP contribution < -0.4 is 5.32 Å². The van der Waals surface area contributed by atoms with Gasteiger partial charge in [-0.15, -0.1) is 11.3 Å². The highest BCUT2D eigenvalue weighted by molar-refractivity contribution is 7.15. The molecular formula is C14H15Cl2N3S. The SMILES string of the molecule is CCNCc1sc(-c2ncc(Cl)cc2Cl)nc1C1CC1. The number of nitrogens with zero attached hydrogens (tertiary/aromatic N) is 2. The number of rotatable bonds is 5. The Morgan fingerprint density at radius 3 is 2.85 bits per heavy atom. The molecule has 1 N–H and O–H groups in total. The summed E-state index contributed by atoms with van der Waals surface area (Å²) in [5, 5.41) is 5.37. The Bertz CT molecular complexity index is 623. The summed E-state index contributed by atoms with van der Waals surface area (Å²) >= 11 is 13.8. The van der Waals surface area contributed by atoms with E-state index in [1.54, 1.807) is 23.6 Å². The maximum absolute atomic E-state index is 6.23. The molecule has 2 aromatic rings. The van der Waals surface area contributed by atoms with E-state index in [2.05, 4.69) is 17.2 Å². The predicted octanol–water partition coefficient (Wildman–Crippen LogP) is 4.50. The third-order valence-electron chi connectivity index (χ3n) is 3.24. The molecule has 0 spiro atoms. The molecule has 0 bridgehead atoms. The Morgan fingerprint density at radius 1 is 1.40 bits per heavy atom. The minimum absolute atomic E-state index is 0.547. The number of halogens is 2. The van der Waals surface area contributed by atoms with E-state index in [0.717, 1.165) is 23.8 Å². The standard InChI is InChI=1S/C14H15Cl2N3S/c1-2-17-7-11-12(8-3-4-8)19-14(20-11)13-10(16)5-9(15)6-18-13/h5-6,8,17H,2-4,7H2,1H3. The van der Waals surface area contributed by atoms with Gasteiger partial charge in [-0.3, -0.25) is 4.98 Å². The number of pyridine rings is 1. The zero-order valence-corrected chi connectivity index (χ0v) is 13.4. The quantitative estimate of drug-likeness (QED) is 0.878. The van der Waals surface area contributed by atoms with Gasteiger partial charge in [0.15, 0.2) is 0 Å². The van der Waals surface area contributed by atoms with Crippen molar-refractivity contribution in [3.63, 3.8) is 0 Å². The van der Waals surface area contributed by atoms with Crippen molar-refractivity contribution >= 4 is 34.5 Å². The van der Waals surface area contributed by atoms with E-state index in [0.29, 0.717) is 16.0 Å². The highest BCUT2D eigenvalue weighted by Crippen LogP contribution is 2.44. The van der Waals surface area contributed by atoms with E-state index in [9.17, 15) is 0 Å². The molecule has 20 heavy (non-hydrogen) atoms. The summed E-state index contributed by atoms with van der Waals surface area (Å²) in [4.78, 5) is 10.4. The van der Waals surface area contributed by atoms with Gasteiger partial charge in [-0.2, -0.15) is 0 Å². The Morgan fingerprint density at radius 2 is 2.20 bits per heavy atom. The summed E-state index contributed by atoms with van der Waals surface area (Å²) in [5.74, 6) is 0.625. The van der Waals surface area contributed by atoms with Gasteiger partial charge in [-0.05, 0) is 25.5 Å². The minimum Gasteiger partial charge on any atom is -0.312 e. The lowest BCUT2D eigenvalue weighted by atomic mass is 10.2. The maximum Gasteiger partial charge on any atom is 0.143 e. The van der Waals surface area contributed by atoms with E-state index in [4.69, 9.17) is 28.2 Å². The van der Waals surface area contributed by atoms with Gasteiger partial charge in [0.2, 0.25) is 0 Å². The zero-order chi connectivity index (χ0) is 14.1. The first-order valence-electron chi connectivity index (χ1n) is 6.70. The first-order valence-corrected chi connectivity index (χ1v) is 8.28. The molecular weight excluding hydrogens is 313 g/mol. The van der Waals surface area contributed by atoms with Gasteiger partial charge in [-0.25, -0.2) is 4.98 Å². The van der Waals surface area contributed by atoms with Crippen LogP contribution in [0, 0.1) is 0 Å². The topological polar surface area (TPSA) is 37.8 Å². The fourth-order valence-corrected chi connectivity index (χ4v) is 3.73. The van der Waals surface area contributed by atoms with E-state index in [-0.39, 0.29) is 0 Å². The highest BCUT2D eigenvalue weighted by atomic mass is 35.5. The van der Waals surface area contributed by atoms with Crippen molar-refractivity contribution in [3.05, 3.63) is 32.9 Å². The summed E-state index contributed by atoms with van der Waals surface area (Å²) in [7, 11) is 0. The van der Waals surface area contributed by atoms with Crippen LogP contribution in [-0.4, -0.2) is 16.5 Å². The van der Waals surface area contributed by atoms with Crippen LogP contribution in [0.2, 0.25) is 10.0 Å². The number of thiazole rings is 1. The highest BCUT2D eigenvalue weighted by Gasteiger charge is 2.30. The lowest BCUT2D eigenvalue weighted by molar-refractivity contribution is 0.727. The number of hydrogen-bond donors (Lipinski definition) is 1. The van der Waals surface area contributed by atoms with Crippen molar-refractivity contribution in [3.8, 4) is 10.7 Å². The molecule has 3 nitrogen and oxygen atoms in total. The molecule has 2 heterocycles. The average molecular weight is 328 g/mol. The fraction of sp³-hybridized carbons (Fsp3) is 0.429. The van der Waals surface area contributed by atoms with Crippen LogP contribution in [0.1, 0.15) is 36.3 Å². The van der Waals surface area contributed by atoms with E-state index in [1.807, 2.05) is 0 Å². The van der Waals surface area contributed by atoms with Crippen LogP contribution in [0.4, 0.5) is 0 Å². The maximum atomic E-state index is 6.23. The van der Waals surface area contributed by atoms with Crippen molar-refractivity contribution in [2.75, 3.05) is 6.54 Å². The van der Waals surface area contributed by atoms with Crippen molar-refractivity contribution in [2.45, 2.75) is 32.2 Å². The van der Waals surface area contributed by atoms with Crippen molar-refractivity contribution < 1.29 is 0 Å². The van der Waals surface area contributed by atoms with Gasteiger partial charge in [-0.1, -0.05) is 30.1 Å². The second kappa shape index (κ2) is 5.98. The Labute approximate surface area is 132 Å². The molecule has 3 rings (SSSR count). The molecule has 0 unspecified atom stereocenters. The van der Waals surface area contributed by atoms with Gasteiger partial charge in [0.25, 0.3) is 0 Å². The van der Waals surface area contributed by atoms with Gasteiger partial charge < -0.3 is 5.32 Å². The summed E-state index contributed by atoms with van der Waals surface area (Å²) in [6.45, 7) is 3.93. The molecule has 0 atom stereocenters. The smallest absolute Gasteiger partial charge is 0.143 e. The lowest BCUT2D eigenvalue weighted by Crippen LogP contribution is -2.11. The molecule has 1 fully saturated rings. The summed E-state index contributed by atoms with van der Waals surface area (Å²) in [6, 6.07) is 1.72. The molecule has 1 aliphatic carbocycles. The largest absolute Gasteiger partial charge is 0.312 e. The van der Waals surface area contributed by atoms with Crippen LogP contribution in [0.15, 0.2) is 12.3 Å². The average Bonchev–Trinajstić information content (AvgIpc) is 3.18. The number of aromatic nitrogens is 2. The summed E-state index contributed by atoms with van der Waals surface area (Å²) < 4.78 is 0. The summed E-state index contributed by atoms with van der Waals surface area (Å²) in [6.07, 6.45) is 4.10. The minimum atomic E-state index is 0.547. The van der Waals surface area contributed by atoms with E-state index in [1.165, 1.54) is 23.4 Å². The van der Waals surface area contributed by atoms with E-state index >= 15 is 0 Å². The van der Waals surface area contributed by atoms with Gasteiger partial charge in [0.05, 0.1) is 15.7 Å². The molecule has 0 aliphatic heterocycles. The Balaban J connectivity index is 1.96. The predicted molar refractivity (Wildman–Crippen MR) is 84.7 cm³/mol. The van der Waals surface area contributed by atoms with Crippen molar-refractivity contribution in [2.24, 2.45) is 0 Å². The van der Waals surface area contributed by atoms with Gasteiger partial charge >= 0.3 is 0 Å². The molecule has 1 saturated carbocycles. The van der Waals surface area contributed by atoms with Crippen LogP contribution in [-0.2, 0) is 6.54 Å². The van der Waals surface area contributed by atoms with Crippen LogP contribution >= 0.6 is 34.5 Å². The van der Waals surface area contributed by atoms with Crippen LogP contribution in [0.3, 0.4) is 0 Å². The molecule has 0 amide bonds. The van der Waals surface area contributed by atoms with Crippen molar-refractivity contribution in [1.82, 2.24) is 15.3 Å². The number of nitrogens with one attached hydrogen (secondary N) is 1. The lowest BCUT2D eigenvalue weighted by Gasteiger charge is -2.00. The second-order valence-corrected chi connectivity index (χ2v) is 6.79. The van der Waals surface area contributed by atoms with Crippen LogP contribution in [0.25, 0.3) is 10.7 Å². The molecule has 0 radical (unpaired) electrons. The second-order valence-electron chi connectivity index (χ2n) is 4.87. The van der Waals surface area contributed by atoms with Gasteiger partial charge in [0.1, 0.15) is 10.7 Å². The van der Waals surface area contributed by atoms with Crippen LogP contribution in [0.5, 0.6) is 0 Å².